The summed E-state index contributed by atoms with van der Waals surface area (Å²) in [7, 11) is 1.57. The molecule has 0 N–H and O–H groups in total. The summed E-state index contributed by atoms with van der Waals surface area (Å²) in [5, 5.41) is 1.56. The van der Waals surface area contributed by atoms with Gasteiger partial charge in [0.2, 0.25) is 0 Å². The summed E-state index contributed by atoms with van der Waals surface area (Å²) in [5.74, 6) is -0.0372. The third-order valence-electron chi connectivity index (χ3n) is 6.66. The number of nitrogens with zero attached hydrogens (tertiary/aromatic N) is 3. The third kappa shape index (κ3) is 4.81. The molecule has 2 aromatic rings. The van der Waals surface area contributed by atoms with Crippen LogP contribution in [0.3, 0.4) is 0 Å². The van der Waals surface area contributed by atoms with E-state index in [4.69, 9.17) is 9.57 Å². The van der Waals surface area contributed by atoms with Crippen LogP contribution in [0.5, 0.6) is 0 Å². The molecule has 7 nitrogen and oxygen atoms in total. The fourth-order valence-electron chi connectivity index (χ4n) is 5.08. The van der Waals surface area contributed by atoms with E-state index in [1.54, 1.807) is 17.1 Å². The second-order valence-corrected chi connectivity index (χ2v) is 10.1. The SMILES string of the molecule is CON1C(=O)C(c2ccccc2)(c2ccccc2)CC1CN1CCN(C(=O)OC(C)(C)C)CC1. The highest BCUT2D eigenvalue weighted by Gasteiger charge is 2.54. The second kappa shape index (κ2) is 9.76. The van der Waals surface area contributed by atoms with E-state index in [0.29, 0.717) is 26.1 Å². The molecular weight excluding hydrogens is 430 g/mol. The van der Waals surface area contributed by atoms with Gasteiger partial charge in [-0.1, -0.05) is 60.7 Å². The Hall–Kier alpha value is -2.90. The molecular formula is C27H35N3O4. The zero-order chi connectivity index (χ0) is 24.3. The summed E-state index contributed by atoms with van der Waals surface area (Å²) >= 11 is 0. The first-order valence-electron chi connectivity index (χ1n) is 11.9. The average molecular weight is 466 g/mol. The summed E-state index contributed by atoms with van der Waals surface area (Å²) in [6, 6.07) is 19.9. The molecule has 2 heterocycles. The predicted octanol–water partition coefficient (Wildman–Crippen LogP) is 3.69. The predicted molar refractivity (Wildman–Crippen MR) is 130 cm³/mol. The van der Waals surface area contributed by atoms with Crippen molar-refractivity contribution in [1.82, 2.24) is 14.9 Å². The van der Waals surface area contributed by atoms with Gasteiger partial charge in [0.1, 0.15) is 11.0 Å². The van der Waals surface area contributed by atoms with Gasteiger partial charge in [-0.15, -0.1) is 0 Å². The van der Waals surface area contributed by atoms with Gasteiger partial charge in [0.05, 0.1) is 13.2 Å². The molecule has 34 heavy (non-hydrogen) atoms. The van der Waals surface area contributed by atoms with Crippen LogP contribution < -0.4 is 0 Å². The molecule has 2 aliphatic rings. The van der Waals surface area contributed by atoms with Gasteiger partial charge >= 0.3 is 6.09 Å². The molecule has 0 bridgehead atoms. The molecule has 2 fully saturated rings. The Kier molecular flexibility index (Phi) is 6.96. The standard InChI is InChI=1S/C27H35N3O4/c1-26(2,3)34-25(32)29-17-15-28(16-18-29)20-23-19-27(24(31)30(23)33-4,21-11-7-5-8-12-21)22-13-9-6-10-14-22/h5-14,23H,15-20H2,1-4H3. The molecule has 182 valence electrons. The van der Waals surface area contributed by atoms with Crippen molar-refractivity contribution >= 4 is 12.0 Å². The van der Waals surface area contributed by atoms with Crippen LogP contribution in [0.25, 0.3) is 0 Å². The van der Waals surface area contributed by atoms with Crippen molar-refractivity contribution in [3.05, 3.63) is 71.8 Å². The molecule has 2 aromatic carbocycles. The first-order valence-corrected chi connectivity index (χ1v) is 11.9. The van der Waals surface area contributed by atoms with E-state index in [2.05, 4.69) is 4.90 Å². The van der Waals surface area contributed by atoms with Crippen molar-refractivity contribution in [2.24, 2.45) is 0 Å². The van der Waals surface area contributed by atoms with Crippen LogP contribution in [0.4, 0.5) is 4.79 Å². The van der Waals surface area contributed by atoms with Gasteiger partial charge in [0.15, 0.2) is 0 Å². The van der Waals surface area contributed by atoms with Crippen LogP contribution >= 0.6 is 0 Å². The van der Waals surface area contributed by atoms with E-state index in [9.17, 15) is 9.59 Å². The molecule has 1 atom stereocenters. The van der Waals surface area contributed by atoms with E-state index < -0.39 is 11.0 Å². The maximum atomic E-state index is 13.9. The Morgan fingerprint density at radius 3 is 1.94 bits per heavy atom. The number of carbonyl (C=O) groups is 2. The molecule has 1 unspecified atom stereocenters. The lowest BCUT2D eigenvalue weighted by Gasteiger charge is -2.37. The Morgan fingerprint density at radius 2 is 1.47 bits per heavy atom. The topological polar surface area (TPSA) is 62.3 Å². The van der Waals surface area contributed by atoms with Crippen molar-refractivity contribution in [2.45, 2.75) is 44.2 Å². The Balaban J connectivity index is 1.52. The average Bonchev–Trinajstić information content (AvgIpc) is 3.11. The van der Waals surface area contributed by atoms with E-state index in [1.807, 2.05) is 81.4 Å². The van der Waals surface area contributed by atoms with Crippen molar-refractivity contribution in [3.63, 3.8) is 0 Å². The monoisotopic (exact) mass is 465 g/mol. The van der Waals surface area contributed by atoms with Gasteiger partial charge in [-0.05, 0) is 38.3 Å². The molecule has 2 saturated heterocycles. The van der Waals surface area contributed by atoms with E-state index in [-0.39, 0.29) is 18.0 Å². The van der Waals surface area contributed by atoms with Gasteiger partial charge in [-0.25, -0.2) is 9.86 Å². The molecule has 0 aliphatic carbocycles. The Bertz CT molecular complexity index is 942. The van der Waals surface area contributed by atoms with Crippen molar-refractivity contribution in [1.29, 1.82) is 0 Å². The first kappa shape index (κ1) is 24.2. The van der Waals surface area contributed by atoms with Gasteiger partial charge in [-0.3, -0.25) is 14.5 Å². The third-order valence-corrected chi connectivity index (χ3v) is 6.66. The number of rotatable bonds is 5. The largest absolute Gasteiger partial charge is 0.444 e. The number of piperazine rings is 1. The molecule has 7 heteroatoms. The van der Waals surface area contributed by atoms with Gasteiger partial charge in [0, 0.05) is 32.7 Å². The van der Waals surface area contributed by atoms with Crippen LogP contribution in [-0.2, 0) is 19.8 Å². The fourth-order valence-corrected chi connectivity index (χ4v) is 5.08. The van der Waals surface area contributed by atoms with E-state index >= 15 is 0 Å². The van der Waals surface area contributed by atoms with Crippen LogP contribution in [-0.4, -0.2) is 78.3 Å². The number of carbonyl (C=O) groups excluding carboxylic acids is 2. The maximum Gasteiger partial charge on any atom is 0.410 e. The van der Waals surface area contributed by atoms with Crippen LogP contribution in [0, 0.1) is 0 Å². The lowest BCUT2D eigenvalue weighted by molar-refractivity contribution is -0.180. The summed E-state index contributed by atoms with van der Waals surface area (Å²) in [4.78, 5) is 36.0. The van der Waals surface area contributed by atoms with E-state index in [1.165, 1.54) is 0 Å². The van der Waals surface area contributed by atoms with Crippen molar-refractivity contribution in [3.8, 4) is 0 Å². The van der Waals surface area contributed by atoms with Gasteiger partial charge < -0.3 is 9.64 Å². The molecule has 0 saturated carbocycles. The van der Waals surface area contributed by atoms with Gasteiger partial charge in [-0.2, -0.15) is 0 Å². The highest BCUT2D eigenvalue weighted by atomic mass is 16.7. The number of amides is 2. The number of hydroxylamine groups is 2. The Labute approximate surface area is 202 Å². The van der Waals surface area contributed by atoms with Crippen LogP contribution in [0.2, 0.25) is 0 Å². The summed E-state index contributed by atoms with van der Waals surface area (Å²) in [6.45, 7) is 8.98. The zero-order valence-corrected chi connectivity index (χ0v) is 20.6. The summed E-state index contributed by atoms with van der Waals surface area (Å²) in [6.07, 6.45) is 0.355. The number of hydrogen-bond donors (Lipinski definition) is 0. The van der Waals surface area contributed by atoms with Crippen LogP contribution in [0.15, 0.2) is 60.7 Å². The number of benzene rings is 2. The minimum Gasteiger partial charge on any atom is -0.444 e. The molecule has 4 rings (SSSR count). The Morgan fingerprint density at radius 1 is 0.941 bits per heavy atom. The lowest BCUT2D eigenvalue weighted by atomic mass is 9.72. The molecule has 0 aromatic heterocycles. The fraction of sp³-hybridized carbons (Fsp3) is 0.481. The summed E-state index contributed by atoms with van der Waals surface area (Å²) in [5.41, 5.74) is 0.660. The second-order valence-electron chi connectivity index (χ2n) is 10.1. The van der Waals surface area contributed by atoms with Crippen LogP contribution in [0.1, 0.15) is 38.3 Å². The highest BCUT2D eigenvalue weighted by molar-refractivity contribution is 5.94. The van der Waals surface area contributed by atoms with Crippen molar-refractivity contribution < 1.29 is 19.2 Å². The summed E-state index contributed by atoms with van der Waals surface area (Å²) < 4.78 is 5.52. The van der Waals surface area contributed by atoms with E-state index in [0.717, 1.165) is 24.2 Å². The molecule has 0 spiro atoms. The zero-order valence-electron chi connectivity index (χ0n) is 20.6. The molecule has 2 aliphatic heterocycles. The maximum absolute atomic E-state index is 13.9. The highest BCUT2D eigenvalue weighted by Crippen LogP contribution is 2.45. The molecule has 0 radical (unpaired) electrons. The quantitative estimate of drug-likeness (QED) is 0.674. The van der Waals surface area contributed by atoms with Gasteiger partial charge in [0.25, 0.3) is 5.91 Å². The lowest BCUT2D eigenvalue weighted by Crippen LogP contribution is -2.52. The smallest absolute Gasteiger partial charge is 0.410 e. The van der Waals surface area contributed by atoms with Crippen molar-refractivity contribution in [2.75, 3.05) is 39.8 Å². The number of ether oxygens (including phenoxy) is 1. The first-order chi connectivity index (χ1) is 16.2. The minimum atomic E-state index is -0.790. The number of hydrogen-bond acceptors (Lipinski definition) is 5. The molecule has 2 amide bonds. The minimum absolute atomic E-state index is 0.0372. The normalized spacial score (nSPS) is 21.1.